The van der Waals surface area contributed by atoms with E-state index in [1.165, 1.54) is 10.5 Å². The molecule has 0 aromatic heterocycles. The van der Waals surface area contributed by atoms with Crippen LogP contribution >= 0.6 is 0 Å². The second-order valence-electron chi connectivity index (χ2n) is 7.94. The minimum absolute atomic E-state index is 0.185. The van der Waals surface area contributed by atoms with Gasteiger partial charge in [-0.15, -0.1) is 0 Å². The number of likely N-dealkylation sites (tertiary alicyclic amines) is 1. The van der Waals surface area contributed by atoms with E-state index in [4.69, 9.17) is 4.74 Å². The van der Waals surface area contributed by atoms with Crippen molar-refractivity contribution >= 4 is 17.8 Å². The minimum atomic E-state index is -1.10. The van der Waals surface area contributed by atoms with Crippen LogP contribution in [-0.4, -0.2) is 41.4 Å². The summed E-state index contributed by atoms with van der Waals surface area (Å²) < 4.78 is 5.27. The fraction of sp³-hybridized carbons (Fsp3) is 0.571. The smallest absolute Gasteiger partial charge is 0.368 e. The van der Waals surface area contributed by atoms with Gasteiger partial charge in [0.2, 0.25) is 17.4 Å². The van der Waals surface area contributed by atoms with Crippen LogP contribution in [0.4, 0.5) is 0 Å². The summed E-state index contributed by atoms with van der Waals surface area (Å²) in [5, 5.41) is 1.87. The Labute approximate surface area is 160 Å². The number of carbonyl (C=O) groups excluding carboxylic acids is 3. The Morgan fingerprint density at radius 2 is 1.81 bits per heavy atom. The van der Waals surface area contributed by atoms with Gasteiger partial charge in [-0.05, 0) is 25.3 Å². The lowest BCUT2D eigenvalue weighted by atomic mass is 9.80. The van der Waals surface area contributed by atoms with Gasteiger partial charge in [0.15, 0.2) is 0 Å². The molecule has 2 aliphatic rings. The molecular formula is C21H29N2O4+. The van der Waals surface area contributed by atoms with Crippen LogP contribution in [0.15, 0.2) is 24.3 Å². The first-order valence-electron chi connectivity index (χ1n) is 9.74. The normalized spacial score (nSPS) is 30.1. The van der Waals surface area contributed by atoms with E-state index in [-0.39, 0.29) is 24.5 Å². The van der Waals surface area contributed by atoms with Gasteiger partial charge < -0.3 is 10.1 Å². The molecule has 6 nitrogen and oxygen atoms in total. The van der Waals surface area contributed by atoms with Crippen molar-refractivity contribution in [1.29, 1.82) is 0 Å². The predicted octanol–water partition coefficient (Wildman–Crippen LogP) is 1.37. The van der Waals surface area contributed by atoms with Crippen molar-refractivity contribution in [2.75, 3.05) is 13.2 Å². The lowest BCUT2D eigenvalue weighted by molar-refractivity contribution is -0.731. The monoisotopic (exact) mass is 373 g/mol. The lowest BCUT2D eigenvalue weighted by Crippen LogP contribution is -2.97. The van der Waals surface area contributed by atoms with Gasteiger partial charge >= 0.3 is 5.97 Å². The second-order valence-corrected chi connectivity index (χ2v) is 7.94. The maximum absolute atomic E-state index is 13.0. The van der Waals surface area contributed by atoms with E-state index in [2.05, 4.69) is 26.0 Å². The number of amides is 2. The summed E-state index contributed by atoms with van der Waals surface area (Å²) in [6, 6.07) is 7.86. The number of quaternary nitrogens is 1. The fourth-order valence-electron chi connectivity index (χ4n) is 4.52. The number of ether oxygens (including phenoxy) is 1. The standard InChI is InChI=1S/C21H28N2O4/c1-6-23-18(24)15-16(19(23)25)21(5,20(26)27-7-2)22-17(15)14-10-8-13(9-11-14)12(3)4/h8-12,15-17,22H,6-7H2,1-5H3/p+1/t15-,16+,17+,21+/m0/s1. The molecule has 0 saturated carbocycles. The van der Waals surface area contributed by atoms with Crippen molar-refractivity contribution in [3.63, 3.8) is 0 Å². The van der Waals surface area contributed by atoms with E-state index in [1.54, 1.807) is 20.8 Å². The van der Waals surface area contributed by atoms with E-state index < -0.39 is 23.3 Å². The third-order valence-electron chi connectivity index (χ3n) is 6.02. The van der Waals surface area contributed by atoms with E-state index >= 15 is 0 Å². The molecule has 2 fully saturated rings. The van der Waals surface area contributed by atoms with Crippen LogP contribution < -0.4 is 5.32 Å². The Hall–Kier alpha value is -2.21. The number of nitrogens with two attached hydrogens (primary N) is 1. The summed E-state index contributed by atoms with van der Waals surface area (Å²) in [5.41, 5.74) is 1.07. The van der Waals surface area contributed by atoms with E-state index in [1.807, 2.05) is 17.4 Å². The molecule has 2 amide bonds. The molecule has 146 valence electrons. The van der Waals surface area contributed by atoms with Gasteiger partial charge in [-0.2, -0.15) is 0 Å². The van der Waals surface area contributed by atoms with Gasteiger partial charge in [-0.3, -0.25) is 14.5 Å². The Bertz CT molecular complexity index is 758. The molecule has 0 unspecified atom stereocenters. The van der Waals surface area contributed by atoms with Crippen LogP contribution in [0.25, 0.3) is 0 Å². The maximum atomic E-state index is 13.0. The Balaban J connectivity index is 2.04. The zero-order valence-corrected chi connectivity index (χ0v) is 16.7. The van der Waals surface area contributed by atoms with Gasteiger partial charge in [-0.25, -0.2) is 4.79 Å². The molecule has 1 aromatic carbocycles. The lowest BCUT2D eigenvalue weighted by Gasteiger charge is -2.25. The summed E-state index contributed by atoms with van der Waals surface area (Å²) >= 11 is 0. The van der Waals surface area contributed by atoms with E-state index in [0.29, 0.717) is 12.5 Å². The first-order valence-corrected chi connectivity index (χ1v) is 9.74. The number of rotatable bonds is 5. The highest BCUT2D eigenvalue weighted by Crippen LogP contribution is 2.44. The Morgan fingerprint density at radius 3 is 2.33 bits per heavy atom. The van der Waals surface area contributed by atoms with Gasteiger partial charge in [-0.1, -0.05) is 38.1 Å². The minimum Gasteiger partial charge on any atom is -0.461 e. The summed E-state index contributed by atoms with van der Waals surface area (Å²) in [6.07, 6.45) is 0. The molecule has 27 heavy (non-hydrogen) atoms. The number of benzene rings is 1. The van der Waals surface area contributed by atoms with Crippen LogP contribution in [0.5, 0.6) is 0 Å². The van der Waals surface area contributed by atoms with Crippen LogP contribution in [0.3, 0.4) is 0 Å². The molecule has 2 N–H and O–H groups in total. The Kier molecular flexibility index (Phi) is 5.12. The van der Waals surface area contributed by atoms with E-state index in [0.717, 1.165) is 5.56 Å². The van der Waals surface area contributed by atoms with Gasteiger partial charge in [0.25, 0.3) is 0 Å². The summed E-state index contributed by atoms with van der Waals surface area (Å²) in [7, 11) is 0. The molecule has 3 rings (SSSR count). The molecular weight excluding hydrogens is 344 g/mol. The number of hydrogen-bond acceptors (Lipinski definition) is 4. The maximum Gasteiger partial charge on any atom is 0.368 e. The molecule has 2 saturated heterocycles. The number of nitrogens with zero attached hydrogens (tertiary/aromatic N) is 1. The zero-order valence-electron chi connectivity index (χ0n) is 16.7. The highest BCUT2D eigenvalue weighted by molar-refractivity contribution is 6.08. The first kappa shape index (κ1) is 19.5. The SMILES string of the molecule is CCOC(=O)[C@]1(C)[NH2+][C@H](c2ccc(C(C)C)cc2)[C@H]2C(=O)N(CC)C(=O)[C@@H]21. The van der Waals surface area contributed by atoms with Gasteiger partial charge in [0.1, 0.15) is 17.9 Å². The Morgan fingerprint density at radius 1 is 1.19 bits per heavy atom. The van der Waals surface area contributed by atoms with Crippen molar-refractivity contribution in [1.82, 2.24) is 4.90 Å². The van der Waals surface area contributed by atoms with Crippen molar-refractivity contribution in [3.8, 4) is 0 Å². The molecule has 2 aliphatic heterocycles. The van der Waals surface area contributed by atoms with Crippen LogP contribution in [0, 0.1) is 11.8 Å². The number of hydrogen-bond donors (Lipinski definition) is 1. The molecule has 0 spiro atoms. The first-order chi connectivity index (χ1) is 12.8. The number of esters is 1. The third kappa shape index (κ3) is 2.96. The number of carbonyl (C=O) groups is 3. The fourth-order valence-corrected chi connectivity index (χ4v) is 4.52. The average Bonchev–Trinajstić information content (AvgIpc) is 3.09. The largest absolute Gasteiger partial charge is 0.461 e. The summed E-state index contributed by atoms with van der Waals surface area (Å²) in [6.45, 7) is 10.1. The highest BCUT2D eigenvalue weighted by Gasteiger charge is 2.70. The highest BCUT2D eigenvalue weighted by atomic mass is 16.5. The van der Waals surface area contributed by atoms with Crippen LogP contribution in [0.1, 0.15) is 57.7 Å². The molecule has 6 heteroatoms. The molecule has 0 aliphatic carbocycles. The number of imide groups is 1. The summed E-state index contributed by atoms with van der Waals surface area (Å²) in [4.78, 5) is 40.0. The van der Waals surface area contributed by atoms with Crippen LogP contribution in [-0.2, 0) is 19.1 Å². The third-order valence-corrected chi connectivity index (χ3v) is 6.02. The second kappa shape index (κ2) is 7.08. The predicted molar refractivity (Wildman–Crippen MR) is 99.6 cm³/mol. The van der Waals surface area contributed by atoms with Crippen molar-refractivity contribution < 1.29 is 24.4 Å². The molecule has 1 aromatic rings. The van der Waals surface area contributed by atoms with Gasteiger partial charge in [0.05, 0.1) is 6.61 Å². The summed E-state index contributed by atoms with van der Waals surface area (Å²) in [5.74, 6) is -1.71. The number of fused-ring (bicyclic) bond motifs is 1. The molecule has 0 radical (unpaired) electrons. The zero-order chi connectivity index (χ0) is 19.9. The molecule has 4 atom stereocenters. The van der Waals surface area contributed by atoms with Crippen molar-refractivity contribution in [2.24, 2.45) is 11.8 Å². The van der Waals surface area contributed by atoms with Crippen molar-refractivity contribution in [2.45, 2.75) is 52.1 Å². The quantitative estimate of drug-likeness (QED) is 0.624. The van der Waals surface area contributed by atoms with Crippen LogP contribution in [0.2, 0.25) is 0 Å². The van der Waals surface area contributed by atoms with Crippen molar-refractivity contribution in [3.05, 3.63) is 35.4 Å². The average molecular weight is 373 g/mol. The molecule has 0 bridgehead atoms. The van der Waals surface area contributed by atoms with Gasteiger partial charge in [0, 0.05) is 19.0 Å². The topological polar surface area (TPSA) is 80.3 Å². The van der Waals surface area contributed by atoms with E-state index in [9.17, 15) is 14.4 Å². The molecule has 2 heterocycles.